The standard InChI is InChI=1S/C13H18N2O4S/c1-9-8-20-12(19)15(9)7-10(16)14-13(11(17)18)5-3-2-4-6-13/h8H,2-7H2,1H3,(H,14,16)(H,17,18). The van der Waals surface area contributed by atoms with Gasteiger partial charge in [-0.05, 0) is 19.8 Å². The van der Waals surface area contributed by atoms with Crippen LogP contribution < -0.4 is 10.2 Å². The molecule has 0 unspecified atom stereocenters. The van der Waals surface area contributed by atoms with Gasteiger partial charge < -0.3 is 10.4 Å². The number of carbonyl (C=O) groups excluding carboxylic acids is 1. The number of nitrogens with one attached hydrogen (secondary N) is 1. The highest BCUT2D eigenvalue weighted by Gasteiger charge is 2.40. The summed E-state index contributed by atoms with van der Waals surface area (Å²) in [7, 11) is 0. The third-order valence-electron chi connectivity index (χ3n) is 3.77. The van der Waals surface area contributed by atoms with Crippen molar-refractivity contribution in [3.8, 4) is 0 Å². The number of aliphatic carboxylic acids is 1. The number of thiazole rings is 1. The molecule has 0 aliphatic heterocycles. The molecule has 7 heteroatoms. The summed E-state index contributed by atoms with van der Waals surface area (Å²) in [6.45, 7) is 1.63. The van der Waals surface area contributed by atoms with Crippen LogP contribution in [0.5, 0.6) is 0 Å². The van der Waals surface area contributed by atoms with Crippen molar-refractivity contribution in [1.29, 1.82) is 0 Å². The number of aryl methyl sites for hydroxylation is 1. The Labute approximate surface area is 120 Å². The minimum atomic E-state index is -1.16. The lowest BCUT2D eigenvalue weighted by molar-refractivity contribution is -0.149. The minimum Gasteiger partial charge on any atom is -0.480 e. The molecule has 2 N–H and O–H groups in total. The maximum absolute atomic E-state index is 12.1. The summed E-state index contributed by atoms with van der Waals surface area (Å²) < 4.78 is 1.36. The first-order valence-corrected chi connectivity index (χ1v) is 7.52. The quantitative estimate of drug-likeness (QED) is 0.872. The SMILES string of the molecule is Cc1csc(=O)n1CC(=O)NC1(C(=O)O)CCCCC1. The molecular weight excluding hydrogens is 280 g/mol. The number of nitrogens with zero attached hydrogens (tertiary/aromatic N) is 1. The lowest BCUT2D eigenvalue weighted by Gasteiger charge is -2.34. The first-order chi connectivity index (χ1) is 9.44. The highest BCUT2D eigenvalue weighted by molar-refractivity contribution is 7.07. The lowest BCUT2D eigenvalue weighted by Crippen LogP contribution is -2.56. The lowest BCUT2D eigenvalue weighted by atomic mass is 9.81. The van der Waals surface area contributed by atoms with E-state index in [1.54, 1.807) is 12.3 Å². The van der Waals surface area contributed by atoms with E-state index in [2.05, 4.69) is 5.32 Å². The van der Waals surface area contributed by atoms with Gasteiger partial charge >= 0.3 is 10.8 Å². The van der Waals surface area contributed by atoms with E-state index in [-0.39, 0.29) is 11.4 Å². The Morgan fingerprint density at radius 1 is 1.40 bits per heavy atom. The van der Waals surface area contributed by atoms with E-state index in [9.17, 15) is 19.5 Å². The van der Waals surface area contributed by atoms with Gasteiger partial charge in [-0.15, -0.1) is 0 Å². The predicted octanol–water partition coefficient (Wildman–Crippen LogP) is 1.12. The summed E-state index contributed by atoms with van der Waals surface area (Å²) in [5, 5.41) is 13.7. The summed E-state index contributed by atoms with van der Waals surface area (Å²) >= 11 is 1.04. The van der Waals surface area contributed by atoms with Crippen molar-refractivity contribution in [2.75, 3.05) is 0 Å². The Morgan fingerprint density at radius 3 is 2.55 bits per heavy atom. The maximum atomic E-state index is 12.1. The van der Waals surface area contributed by atoms with Crippen LogP contribution in [0.25, 0.3) is 0 Å². The topological polar surface area (TPSA) is 88.4 Å². The van der Waals surface area contributed by atoms with Gasteiger partial charge in [-0.2, -0.15) is 0 Å². The molecule has 0 bridgehead atoms. The molecule has 0 aromatic carbocycles. The van der Waals surface area contributed by atoms with Crippen LogP contribution in [0.4, 0.5) is 0 Å². The van der Waals surface area contributed by atoms with E-state index in [0.717, 1.165) is 30.6 Å². The molecule has 1 amide bonds. The zero-order chi connectivity index (χ0) is 14.8. The average Bonchev–Trinajstić information content (AvgIpc) is 2.71. The highest BCUT2D eigenvalue weighted by Crippen LogP contribution is 2.28. The Kier molecular flexibility index (Phi) is 4.27. The second kappa shape index (κ2) is 5.78. The van der Waals surface area contributed by atoms with Gasteiger partial charge in [0.15, 0.2) is 0 Å². The normalized spacial score (nSPS) is 17.6. The highest BCUT2D eigenvalue weighted by atomic mass is 32.1. The summed E-state index contributed by atoms with van der Waals surface area (Å²) in [6.07, 6.45) is 3.49. The van der Waals surface area contributed by atoms with Gasteiger partial charge in [-0.1, -0.05) is 30.6 Å². The largest absolute Gasteiger partial charge is 0.480 e. The van der Waals surface area contributed by atoms with Crippen LogP contribution in [0.1, 0.15) is 37.8 Å². The van der Waals surface area contributed by atoms with Crippen molar-refractivity contribution in [1.82, 2.24) is 9.88 Å². The fourth-order valence-corrected chi connectivity index (χ4v) is 3.33. The van der Waals surface area contributed by atoms with Crippen LogP contribution in [0.3, 0.4) is 0 Å². The van der Waals surface area contributed by atoms with E-state index in [0.29, 0.717) is 18.5 Å². The summed E-state index contributed by atoms with van der Waals surface area (Å²) in [4.78, 5) is 34.9. The Balaban J connectivity index is 2.10. The molecule has 1 aliphatic carbocycles. The second-order valence-corrected chi connectivity index (χ2v) is 6.05. The monoisotopic (exact) mass is 298 g/mol. The van der Waals surface area contributed by atoms with Gasteiger partial charge in [0.1, 0.15) is 12.1 Å². The molecule has 0 spiro atoms. The molecule has 20 heavy (non-hydrogen) atoms. The summed E-state index contributed by atoms with van der Waals surface area (Å²) in [5.74, 6) is -1.40. The molecule has 2 rings (SSSR count). The average molecular weight is 298 g/mol. The molecule has 0 atom stereocenters. The molecule has 1 aromatic rings. The Morgan fingerprint density at radius 2 is 2.05 bits per heavy atom. The van der Waals surface area contributed by atoms with Crippen molar-refractivity contribution < 1.29 is 14.7 Å². The maximum Gasteiger partial charge on any atom is 0.329 e. The molecule has 1 heterocycles. The number of carbonyl (C=O) groups is 2. The Hall–Kier alpha value is -1.63. The van der Waals surface area contributed by atoms with Crippen molar-refractivity contribution in [3.63, 3.8) is 0 Å². The van der Waals surface area contributed by atoms with Gasteiger partial charge in [0.2, 0.25) is 5.91 Å². The van der Waals surface area contributed by atoms with E-state index in [1.807, 2.05) is 0 Å². The summed E-state index contributed by atoms with van der Waals surface area (Å²) in [6, 6.07) is 0. The van der Waals surface area contributed by atoms with E-state index >= 15 is 0 Å². The van der Waals surface area contributed by atoms with Crippen molar-refractivity contribution >= 4 is 23.2 Å². The molecule has 1 saturated carbocycles. The zero-order valence-electron chi connectivity index (χ0n) is 11.3. The molecule has 1 aliphatic rings. The number of aromatic nitrogens is 1. The number of carboxylic acids is 1. The zero-order valence-corrected chi connectivity index (χ0v) is 12.2. The molecule has 1 aromatic heterocycles. The first-order valence-electron chi connectivity index (χ1n) is 6.64. The number of hydrogen-bond donors (Lipinski definition) is 2. The van der Waals surface area contributed by atoms with Gasteiger partial charge in [0.25, 0.3) is 0 Å². The molecular formula is C13H18N2O4S. The third-order valence-corrected chi connectivity index (χ3v) is 4.65. The fourth-order valence-electron chi connectivity index (χ4n) is 2.59. The van der Waals surface area contributed by atoms with Crippen LogP contribution in [0.2, 0.25) is 0 Å². The van der Waals surface area contributed by atoms with Crippen LogP contribution in [0, 0.1) is 6.92 Å². The van der Waals surface area contributed by atoms with Gasteiger partial charge in [0.05, 0.1) is 0 Å². The summed E-state index contributed by atoms with van der Waals surface area (Å²) in [5.41, 5.74) is -0.453. The van der Waals surface area contributed by atoms with Crippen LogP contribution in [-0.4, -0.2) is 27.1 Å². The van der Waals surface area contributed by atoms with E-state index in [1.165, 1.54) is 4.57 Å². The van der Waals surface area contributed by atoms with Gasteiger partial charge in [-0.3, -0.25) is 14.2 Å². The minimum absolute atomic E-state index is 0.122. The molecule has 0 radical (unpaired) electrons. The second-order valence-electron chi connectivity index (χ2n) is 5.23. The van der Waals surface area contributed by atoms with Crippen LogP contribution in [0.15, 0.2) is 10.2 Å². The number of amides is 1. The first kappa shape index (κ1) is 14.8. The number of rotatable bonds is 4. The molecule has 0 saturated heterocycles. The molecule has 110 valence electrons. The number of hydrogen-bond acceptors (Lipinski definition) is 4. The third kappa shape index (κ3) is 2.92. The fraction of sp³-hybridized carbons (Fsp3) is 0.615. The van der Waals surface area contributed by atoms with Crippen LogP contribution >= 0.6 is 11.3 Å². The van der Waals surface area contributed by atoms with E-state index in [4.69, 9.17) is 0 Å². The molecule has 1 fully saturated rings. The predicted molar refractivity (Wildman–Crippen MR) is 74.9 cm³/mol. The van der Waals surface area contributed by atoms with E-state index < -0.39 is 17.4 Å². The number of carboxylic acid groups (broad SMARTS) is 1. The van der Waals surface area contributed by atoms with Gasteiger partial charge in [-0.25, -0.2) is 4.79 Å². The Bertz CT molecular complexity index is 569. The van der Waals surface area contributed by atoms with Crippen molar-refractivity contribution in [2.45, 2.75) is 51.1 Å². The smallest absolute Gasteiger partial charge is 0.329 e. The van der Waals surface area contributed by atoms with Crippen LogP contribution in [-0.2, 0) is 16.1 Å². The molecule has 6 nitrogen and oxygen atoms in total. The van der Waals surface area contributed by atoms with Crippen molar-refractivity contribution in [3.05, 3.63) is 20.7 Å². The van der Waals surface area contributed by atoms with Crippen molar-refractivity contribution in [2.24, 2.45) is 0 Å². The van der Waals surface area contributed by atoms with Gasteiger partial charge in [0, 0.05) is 11.1 Å².